The maximum Gasteiger partial charge on any atom is 0.249 e. The van der Waals surface area contributed by atoms with E-state index in [4.69, 9.17) is 14.2 Å². The molecule has 0 heterocycles. The SMILES string of the molecule is COc1cc(CO)cc(I)c1OC1C=C(C(=O)NCCO)CC(N(Cc2ccc(F)cc2)C(=O)COC2CC(C)CCC2C(C)C)C1O. The molecule has 12 heteroatoms. The van der Waals surface area contributed by atoms with Crippen molar-refractivity contribution < 1.29 is 43.5 Å². The van der Waals surface area contributed by atoms with Crippen molar-refractivity contribution in [1.82, 2.24) is 10.2 Å². The van der Waals surface area contributed by atoms with Gasteiger partial charge in [-0.2, -0.15) is 0 Å². The van der Waals surface area contributed by atoms with Crippen LogP contribution in [0.5, 0.6) is 11.5 Å². The smallest absolute Gasteiger partial charge is 0.249 e. The summed E-state index contributed by atoms with van der Waals surface area (Å²) >= 11 is 2.05. The lowest BCUT2D eigenvalue weighted by molar-refractivity contribution is -0.149. The largest absolute Gasteiger partial charge is 0.493 e. The van der Waals surface area contributed by atoms with Crippen LogP contribution in [0.1, 0.15) is 57.6 Å². The van der Waals surface area contributed by atoms with Crippen LogP contribution in [-0.2, 0) is 27.5 Å². The number of nitrogens with zero attached hydrogens (tertiary/aromatic N) is 1. The molecule has 48 heavy (non-hydrogen) atoms. The van der Waals surface area contributed by atoms with Gasteiger partial charge in [0.15, 0.2) is 11.5 Å². The zero-order valence-corrected chi connectivity index (χ0v) is 30.2. The van der Waals surface area contributed by atoms with E-state index in [1.165, 1.54) is 30.2 Å². The second kappa shape index (κ2) is 17.7. The molecular formula is C36H48FIN2O8. The Bertz CT molecular complexity index is 1420. The quantitative estimate of drug-likeness (QED) is 0.208. The Hall–Kier alpha value is -2.78. The normalized spacial score (nSPS) is 24.2. The molecule has 10 nitrogen and oxygen atoms in total. The number of aliphatic hydroxyl groups excluding tert-OH is 3. The third-order valence-corrected chi connectivity index (χ3v) is 10.1. The van der Waals surface area contributed by atoms with Crippen LogP contribution >= 0.6 is 22.6 Å². The summed E-state index contributed by atoms with van der Waals surface area (Å²) in [6, 6.07) is 8.21. The highest BCUT2D eigenvalue weighted by molar-refractivity contribution is 14.1. The van der Waals surface area contributed by atoms with Gasteiger partial charge in [0.1, 0.15) is 24.6 Å². The van der Waals surface area contributed by atoms with E-state index in [9.17, 15) is 29.3 Å². The van der Waals surface area contributed by atoms with E-state index < -0.39 is 30.0 Å². The number of ether oxygens (including phenoxy) is 3. The van der Waals surface area contributed by atoms with Gasteiger partial charge in [-0.3, -0.25) is 9.59 Å². The molecule has 2 aliphatic carbocycles. The molecule has 4 rings (SSSR count). The topological polar surface area (TPSA) is 138 Å². The fraction of sp³-hybridized carbons (Fsp3) is 0.556. The van der Waals surface area contributed by atoms with E-state index in [2.05, 4.69) is 26.1 Å². The van der Waals surface area contributed by atoms with Crippen molar-refractivity contribution in [1.29, 1.82) is 0 Å². The Morgan fingerprint density at radius 1 is 1.12 bits per heavy atom. The molecule has 4 N–H and O–H groups in total. The van der Waals surface area contributed by atoms with Gasteiger partial charge in [-0.25, -0.2) is 4.39 Å². The van der Waals surface area contributed by atoms with Crippen LogP contribution in [0.3, 0.4) is 0 Å². The van der Waals surface area contributed by atoms with Gasteiger partial charge in [-0.1, -0.05) is 39.3 Å². The Labute approximate surface area is 295 Å². The first-order valence-electron chi connectivity index (χ1n) is 16.5. The number of hydrogen-bond donors (Lipinski definition) is 4. The lowest BCUT2D eigenvalue weighted by atomic mass is 9.75. The lowest BCUT2D eigenvalue weighted by Crippen LogP contribution is -2.55. The first-order valence-corrected chi connectivity index (χ1v) is 17.6. The van der Waals surface area contributed by atoms with Crippen LogP contribution in [0.25, 0.3) is 0 Å². The van der Waals surface area contributed by atoms with Crippen molar-refractivity contribution in [2.75, 3.05) is 26.9 Å². The minimum Gasteiger partial charge on any atom is -0.493 e. The second-order valence-electron chi connectivity index (χ2n) is 13.1. The van der Waals surface area contributed by atoms with Crippen molar-refractivity contribution in [3.8, 4) is 11.5 Å². The molecule has 0 bridgehead atoms. The average Bonchev–Trinajstić information content (AvgIpc) is 3.07. The van der Waals surface area contributed by atoms with Crippen LogP contribution in [0.4, 0.5) is 4.39 Å². The first-order chi connectivity index (χ1) is 22.9. The molecule has 0 aliphatic heterocycles. The molecule has 264 valence electrons. The second-order valence-corrected chi connectivity index (χ2v) is 14.3. The predicted octanol–water partition coefficient (Wildman–Crippen LogP) is 4.35. The number of rotatable bonds is 14. The number of halogens is 2. The third kappa shape index (κ3) is 9.68. The Morgan fingerprint density at radius 3 is 2.50 bits per heavy atom. The molecule has 0 saturated heterocycles. The molecule has 2 aliphatic rings. The minimum absolute atomic E-state index is 0.00200. The Morgan fingerprint density at radius 2 is 1.85 bits per heavy atom. The number of benzene rings is 2. The first kappa shape index (κ1) is 38.0. The maximum atomic E-state index is 14.2. The average molecular weight is 783 g/mol. The van der Waals surface area contributed by atoms with Gasteiger partial charge in [0.25, 0.3) is 0 Å². The molecule has 2 aromatic carbocycles. The van der Waals surface area contributed by atoms with E-state index in [0.717, 1.165) is 19.3 Å². The molecule has 6 unspecified atom stereocenters. The van der Waals surface area contributed by atoms with E-state index in [0.29, 0.717) is 43.9 Å². The summed E-state index contributed by atoms with van der Waals surface area (Å²) < 4.78 is 32.7. The Balaban J connectivity index is 1.69. The molecule has 2 aromatic rings. The summed E-state index contributed by atoms with van der Waals surface area (Å²) in [5.74, 6) is 0.557. The summed E-state index contributed by atoms with van der Waals surface area (Å²) in [6.45, 7) is 5.88. The molecule has 1 fully saturated rings. The lowest BCUT2D eigenvalue weighted by Gasteiger charge is -2.41. The van der Waals surface area contributed by atoms with Crippen molar-refractivity contribution in [3.63, 3.8) is 0 Å². The highest BCUT2D eigenvalue weighted by Crippen LogP contribution is 2.38. The zero-order valence-electron chi connectivity index (χ0n) is 28.0. The monoisotopic (exact) mass is 782 g/mol. The standard InChI is InChI=1S/C36H48FIN2O8/c1-21(2)27-10-5-22(3)13-30(27)47-20-33(43)40(18-23-6-8-26(37)9-7-23)29-16-25(36(45)39-11-12-41)17-31(34(29)44)48-35-28(38)14-24(19-42)15-32(35)46-4/h6-9,14-15,17,21-22,27,29-31,34,41-42,44H,5,10-13,16,18-20H2,1-4H3,(H,39,45). The van der Waals surface area contributed by atoms with Crippen molar-refractivity contribution in [2.24, 2.45) is 17.8 Å². The number of carbonyl (C=O) groups excluding carboxylic acids is 2. The van der Waals surface area contributed by atoms with Gasteiger partial charge in [0.2, 0.25) is 11.8 Å². The van der Waals surface area contributed by atoms with E-state index in [-0.39, 0.29) is 56.9 Å². The molecule has 6 atom stereocenters. The van der Waals surface area contributed by atoms with Gasteiger partial charge in [0.05, 0.1) is 36.0 Å². The minimum atomic E-state index is -1.29. The van der Waals surface area contributed by atoms with E-state index >= 15 is 0 Å². The number of aliphatic hydroxyl groups is 3. The highest BCUT2D eigenvalue weighted by atomic mass is 127. The van der Waals surface area contributed by atoms with Crippen LogP contribution in [0, 0.1) is 27.1 Å². The summed E-state index contributed by atoms with van der Waals surface area (Å²) in [4.78, 5) is 29.0. The summed E-state index contributed by atoms with van der Waals surface area (Å²) in [6.07, 6.45) is 2.04. The molecular weight excluding hydrogens is 734 g/mol. The van der Waals surface area contributed by atoms with Crippen molar-refractivity contribution in [2.45, 2.75) is 84.0 Å². The number of carbonyl (C=O) groups is 2. The van der Waals surface area contributed by atoms with Gasteiger partial charge in [0, 0.05) is 25.1 Å². The highest BCUT2D eigenvalue weighted by Gasteiger charge is 2.41. The summed E-state index contributed by atoms with van der Waals surface area (Å²) in [7, 11) is 1.46. The molecule has 0 aromatic heterocycles. The fourth-order valence-corrected chi connectivity index (χ4v) is 7.43. The van der Waals surface area contributed by atoms with Crippen LogP contribution in [0.2, 0.25) is 0 Å². The molecule has 0 spiro atoms. The third-order valence-electron chi connectivity index (χ3n) is 9.31. The fourth-order valence-electron chi connectivity index (χ4n) is 6.64. The van der Waals surface area contributed by atoms with E-state index in [1.807, 2.05) is 22.6 Å². The van der Waals surface area contributed by atoms with Gasteiger partial charge in [-0.15, -0.1) is 0 Å². The predicted molar refractivity (Wildman–Crippen MR) is 187 cm³/mol. The van der Waals surface area contributed by atoms with Crippen molar-refractivity contribution in [3.05, 3.63) is 68.6 Å². The number of methoxy groups -OCH3 is 1. The van der Waals surface area contributed by atoms with Gasteiger partial charge < -0.3 is 39.7 Å². The van der Waals surface area contributed by atoms with E-state index in [1.54, 1.807) is 24.3 Å². The Kier molecular flexibility index (Phi) is 14.1. The number of hydrogen-bond acceptors (Lipinski definition) is 8. The number of nitrogens with one attached hydrogen (secondary N) is 1. The number of amides is 2. The van der Waals surface area contributed by atoms with Crippen LogP contribution in [0.15, 0.2) is 48.0 Å². The molecule has 0 radical (unpaired) electrons. The summed E-state index contributed by atoms with van der Waals surface area (Å²) in [5, 5.41) is 33.6. The molecule has 2 amide bonds. The van der Waals surface area contributed by atoms with Crippen LogP contribution in [-0.4, -0.2) is 83.3 Å². The summed E-state index contributed by atoms with van der Waals surface area (Å²) in [5.41, 5.74) is 1.51. The maximum absolute atomic E-state index is 14.2. The van der Waals surface area contributed by atoms with Gasteiger partial charge in [-0.05, 0) is 94.7 Å². The molecule has 1 saturated carbocycles. The van der Waals surface area contributed by atoms with Crippen molar-refractivity contribution >= 4 is 34.4 Å². The zero-order chi connectivity index (χ0) is 35.0. The van der Waals surface area contributed by atoms with Gasteiger partial charge >= 0.3 is 0 Å². The van der Waals surface area contributed by atoms with Crippen LogP contribution < -0.4 is 14.8 Å².